The van der Waals surface area contributed by atoms with E-state index in [1.54, 1.807) is 7.11 Å². The lowest BCUT2D eigenvalue weighted by Crippen LogP contribution is -2.22. The molecular weight excluding hydrogens is 159 g/mol. The van der Waals surface area contributed by atoms with Crippen molar-refractivity contribution in [2.45, 2.75) is 19.4 Å². The zero-order valence-corrected chi connectivity index (χ0v) is 7.25. The fourth-order valence-electron chi connectivity index (χ4n) is 0.229. The van der Waals surface area contributed by atoms with Gasteiger partial charge in [0.05, 0.1) is 10.6 Å². The summed E-state index contributed by atoms with van der Waals surface area (Å²) in [6.45, 7) is 3.68. The monoisotopic (exact) mass is 168 g/mol. The van der Waals surface area contributed by atoms with Crippen molar-refractivity contribution >= 4 is 23.2 Å². The maximum atomic E-state index is 5.66. The highest BCUT2D eigenvalue weighted by Gasteiger charge is 2.19. The van der Waals surface area contributed by atoms with E-state index in [1.165, 1.54) is 5.54 Å². The predicted octanol–water partition coefficient (Wildman–Crippen LogP) is 2.73. The molecule has 0 bridgehead atoms. The van der Waals surface area contributed by atoms with E-state index in [0.717, 1.165) is 0 Å². The first-order valence-electron chi connectivity index (χ1n) is 2.56. The molecule has 0 aromatic rings. The van der Waals surface area contributed by atoms with Crippen LogP contribution in [0.15, 0.2) is 10.6 Å². The van der Waals surface area contributed by atoms with Crippen LogP contribution in [-0.4, -0.2) is 12.7 Å². The molecule has 0 amide bonds. The van der Waals surface area contributed by atoms with Gasteiger partial charge in [-0.1, -0.05) is 23.2 Å². The van der Waals surface area contributed by atoms with E-state index < -0.39 is 5.60 Å². The molecular formula is C6H10Cl2O. The highest BCUT2D eigenvalue weighted by Crippen LogP contribution is 2.23. The maximum Gasteiger partial charge on any atom is 0.0985 e. The summed E-state index contributed by atoms with van der Waals surface area (Å²) in [6, 6.07) is 0. The second-order valence-corrected chi connectivity index (χ2v) is 2.80. The molecule has 0 rings (SSSR count). The van der Waals surface area contributed by atoms with Crippen LogP contribution in [0, 0.1) is 0 Å². The van der Waals surface area contributed by atoms with Crippen LogP contribution in [0.4, 0.5) is 0 Å². The Morgan fingerprint density at radius 1 is 1.56 bits per heavy atom. The van der Waals surface area contributed by atoms with Crippen LogP contribution in [0.3, 0.4) is 0 Å². The molecule has 1 nitrogen and oxygen atoms in total. The average molecular weight is 169 g/mol. The van der Waals surface area contributed by atoms with Crippen molar-refractivity contribution in [3.63, 3.8) is 0 Å². The summed E-state index contributed by atoms with van der Waals surface area (Å²) in [5.74, 6) is 0. The van der Waals surface area contributed by atoms with Crippen LogP contribution in [-0.2, 0) is 4.74 Å². The largest absolute Gasteiger partial charge is 0.373 e. The molecule has 0 spiro atoms. The van der Waals surface area contributed by atoms with Gasteiger partial charge in [-0.2, -0.15) is 0 Å². The molecule has 0 aliphatic heterocycles. The number of hydrogen-bond donors (Lipinski definition) is 0. The van der Waals surface area contributed by atoms with Gasteiger partial charge in [0.1, 0.15) is 0 Å². The van der Waals surface area contributed by atoms with Crippen molar-refractivity contribution in [3.05, 3.63) is 10.6 Å². The van der Waals surface area contributed by atoms with E-state index in [0.29, 0.717) is 5.03 Å². The Balaban J connectivity index is 4.14. The lowest BCUT2D eigenvalue weighted by Gasteiger charge is -2.20. The van der Waals surface area contributed by atoms with Crippen LogP contribution in [0.1, 0.15) is 13.8 Å². The quantitative estimate of drug-likeness (QED) is 0.617. The van der Waals surface area contributed by atoms with Crippen LogP contribution < -0.4 is 0 Å². The summed E-state index contributed by atoms with van der Waals surface area (Å²) in [4.78, 5) is 0. The second-order valence-electron chi connectivity index (χ2n) is 2.17. The first-order valence-corrected chi connectivity index (χ1v) is 3.37. The van der Waals surface area contributed by atoms with Gasteiger partial charge in [0.25, 0.3) is 0 Å². The standard InChI is InChI=1S/C6H10Cl2O/c1-6(2,9-3)5(8)4-7/h4H,1-3H3/b5-4-. The van der Waals surface area contributed by atoms with Gasteiger partial charge in [0.2, 0.25) is 0 Å². The zero-order valence-electron chi connectivity index (χ0n) is 5.74. The van der Waals surface area contributed by atoms with E-state index >= 15 is 0 Å². The number of halogens is 2. The fraction of sp³-hybridized carbons (Fsp3) is 0.667. The summed E-state index contributed by atoms with van der Waals surface area (Å²) in [7, 11) is 1.59. The summed E-state index contributed by atoms with van der Waals surface area (Å²) < 4.78 is 5.01. The Bertz CT molecular complexity index is 118. The van der Waals surface area contributed by atoms with Crippen LogP contribution in [0.5, 0.6) is 0 Å². The lowest BCUT2D eigenvalue weighted by atomic mass is 10.1. The van der Waals surface area contributed by atoms with E-state index in [4.69, 9.17) is 27.9 Å². The zero-order chi connectivity index (χ0) is 7.49. The molecule has 3 heteroatoms. The predicted molar refractivity (Wildman–Crippen MR) is 40.9 cm³/mol. The number of rotatable bonds is 2. The molecule has 0 aromatic heterocycles. The highest BCUT2D eigenvalue weighted by atomic mass is 35.5. The Labute approximate surface area is 65.6 Å². The number of ether oxygens (including phenoxy) is 1. The molecule has 0 unspecified atom stereocenters. The van der Waals surface area contributed by atoms with Crippen LogP contribution in [0.25, 0.3) is 0 Å². The first-order chi connectivity index (χ1) is 4.04. The summed E-state index contributed by atoms with van der Waals surface area (Å²) in [5, 5.41) is 0.506. The first kappa shape index (κ1) is 9.28. The molecule has 0 atom stereocenters. The van der Waals surface area contributed by atoms with Gasteiger partial charge in [-0.25, -0.2) is 0 Å². The summed E-state index contributed by atoms with van der Waals surface area (Å²) in [6.07, 6.45) is 0. The van der Waals surface area contributed by atoms with E-state index in [-0.39, 0.29) is 0 Å². The molecule has 9 heavy (non-hydrogen) atoms. The van der Waals surface area contributed by atoms with Crippen molar-refractivity contribution in [2.24, 2.45) is 0 Å². The fourth-order valence-corrected chi connectivity index (χ4v) is 0.569. The molecule has 0 fully saturated rings. The van der Waals surface area contributed by atoms with Gasteiger partial charge in [-0.3, -0.25) is 0 Å². The van der Waals surface area contributed by atoms with Crippen LogP contribution >= 0.6 is 23.2 Å². The van der Waals surface area contributed by atoms with Crippen LogP contribution in [0.2, 0.25) is 0 Å². The molecule has 0 saturated heterocycles. The van der Waals surface area contributed by atoms with Gasteiger partial charge in [0, 0.05) is 12.6 Å². The Kier molecular flexibility index (Phi) is 3.56. The van der Waals surface area contributed by atoms with Crippen molar-refractivity contribution in [1.82, 2.24) is 0 Å². The van der Waals surface area contributed by atoms with Gasteiger partial charge in [-0.15, -0.1) is 0 Å². The molecule has 0 saturated carbocycles. The minimum absolute atomic E-state index is 0.455. The van der Waals surface area contributed by atoms with E-state index in [9.17, 15) is 0 Å². The molecule has 0 N–H and O–H groups in total. The lowest BCUT2D eigenvalue weighted by molar-refractivity contribution is 0.0617. The third-order valence-corrected chi connectivity index (χ3v) is 2.08. The van der Waals surface area contributed by atoms with Crippen molar-refractivity contribution in [2.75, 3.05) is 7.11 Å². The summed E-state index contributed by atoms with van der Waals surface area (Å²) in [5.41, 5.74) is 0.856. The van der Waals surface area contributed by atoms with Gasteiger partial charge in [0.15, 0.2) is 0 Å². The molecule has 0 aromatic carbocycles. The minimum Gasteiger partial charge on any atom is -0.373 e. The Hall–Kier alpha value is 0.280. The van der Waals surface area contributed by atoms with Gasteiger partial charge < -0.3 is 4.74 Å². The van der Waals surface area contributed by atoms with Crippen molar-refractivity contribution < 1.29 is 4.74 Å². The third-order valence-electron chi connectivity index (χ3n) is 1.18. The number of hydrogen-bond acceptors (Lipinski definition) is 1. The SMILES string of the molecule is COC(C)(C)/C(Cl)=C/Cl. The smallest absolute Gasteiger partial charge is 0.0985 e. The van der Waals surface area contributed by atoms with E-state index in [1.807, 2.05) is 13.8 Å². The van der Waals surface area contributed by atoms with Gasteiger partial charge >= 0.3 is 0 Å². The normalized spacial score (nSPS) is 14.1. The molecule has 54 valence electrons. The van der Waals surface area contributed by atoms with Crippen molar-refractivity contribution in [3.8, 4) is 0 Å². The Morgan fingerprint density at radius 3 is 2.11 bits per heavy atom. The second kappa shape index (κ2) is 3.45. The molecule has 0 aliphatic rings. The topological polar surface area (TPSA) is 9.23 Å². The maximum absolute atomic E-state index is 5.66. The molecule has 0 aliphatic carbocycles. The Morgan fingerprint density at radius 2 is 2.00 bits per heavy atom. The van der Waals surface area contributed by atoms with Gasteiger partial charge in [-0.05, 0) is 13.8 Å². The molecule has 0 radical (unpaired) electrons. The average Bonchev–Trinajstić information content (AvgIpc) is 1.86. The molecule has 0 heterocycles. The van der Waals surface area contributed by atoms with Crippen molar-refractivity contribution in [1.29, 1.82) is 0 Å². The minimum atomic E-state index is -0.455. The number of methoxy groups -OCH3 is 1. The summed E-state index contributed by atoms with van der Waals surface area (Å²) >= 11 is 11.0. The third kappa shape index (κ3) is 2.57. The van der Waals surface area contributed by atoms with E-state index in [2.05, 4.69) is 0 Å². The highest BCUT2D eigenvalue weighted by molar-refractivity contribution is 6.37.